The minimum Gasteiger partial charge on any atom is -0.377 e. The number of methoxy groups -OCH3 is 1. The minimum absolute atomic E-state index is 0.322. The topological polar surface area (TPSA) is 47.3 Å². The lowest BCUT2D eigenvalue weighted by Gasteiger charge is -2.27. The largest absolute Gasteiger partial charge is 0.377 e. The van der Waals surface area contributed by atoms with Crippen LogP contribution in [0.3, 0.4) is 0 Å². The van der Waals surface area contributed by atoms with Gasteiger partial charge in [-0.1, -0.05) is 29.8 Å². The van der Waals surface area contributed by atoms with Gasteiger partial charge in [-0.25, -0.2) is 4.98 Å². The average Bonchev–Trinajstić information content (AvgIpc) is 2.89. The molecule has 1 atom stereocenters. The van der Waals surface area contributed by atoms with E-state index in [2.05, 4.69) is 11.6 Å². The van der Waals surface area contributed by atoms with Crippen molar-refractivity contribution in [3.63, 3.8) is 0 Å². The van der Waals surface area contributed by atoms with Crippen molar-refractivity contribution in [2.45, 2.75) is 18.8 Å². The smallest absolute Gasteiger partial charge is 0.151 e. The summed E-state index contributed by atoms with van der Waals surface area (Å²) in [5, 5.41) is 11.7. The minimum atomic E-state index is -1.26. The van der Waals surface area contributed by atoms with Crippen LogP contribution >= 0.6 is 11.6 Å². The van der Waals surface area contributed by atoms with E-state index in [1.807, 2.05) is 0 Å². The van der Waals surface area contributed by atoms with Gasteiger partial charge < -0.3 is 14.4 Å². The number of hydrogen-bond acceptors (Lipinski definition) is 3. The van der Waals surface area contributed by atoms with E-state index in [1.165, 1.54) is 0 Å². The molecule has 0 radical (unpaired) electrons. The predicted molar refractivity (Wildman–Crippen MR) is 78.5 cm³/mol. The molecular formula is C15H17ClN2O2. The molecule has 0 amide bonds. The fourth-order valence-electron chi connectivity index (χ4n) is 2.19. The lowest BCUT2D eigenvalue weighted by molar-refractivity contribution is 0.0556. The van der Waals surface area contributed by atoms with Gasteiger partial charge in [0.25, 0.3) is 0 Å². The van der Waals surface area contributed by atoms with E-state index in [0.29, 0.717) is 29.6 Å². The third-order valence-electron chi connectivity index (χ3n) is 3.12. The van der Waals surface area contributed by atoms with E-state index >= 15 is 0 Å². The van der Waals surface area contributed by atoms with Gasteiger partial charge in [-0.15, -0.1) is 6.58 Å². The quantitative estimate of drug-likeness (QED) is 0.833. The molecule has 1 aromatic carbocycles. The van der Waals surface area contributed by atoms with E-state index in [-0.39, 0.29) is 0 Å². The molecule has 4 nitrogen and oxygen atoms in total. The second kappa shape index (κ2) is 6.22. The maximum absolute atomic E-state index is 11.1. The van der Waals surface area contributed by atoms with Gasteiger partial charge in [-0.2, -0.15) is 0 Å². The summed E-state index contributed by atoms with van der Waals surface area (Å²) in [5.41, 5.74) is -0.542. The fourth-order valence-corrected chi connectivity index (χ4v) is 2.32. The second-order valence-electron chi connectivity index (χ2n) is 4.50. The predicted octanol–water partition coefficient (Wildman–Crippen LogP) is 2.95. The van der Waals surface area contributed by atoms with Crippen molar-refractivity contribution in [1.82, 2.24) is 9.55 Å². The summed E-state index contributed by atoms with van der Waals surface area (Å²) in [6.07, 6.45) is 5.41. The van der Waals surface area contributed by atoms with Crippen LogP contribution in [-0.4, -0.2) is 21.8 Å². The molecule has 0 fully saturated rings. The normalized spacial score (nSPS) is 13.9. The fraction of sp³-hybridized carbons (Fsp3) is 0.267. The first-order valence-corrected chi connectivity index (χ1v) is 6.59. The van der Waals surface area contributed by atoms with Crippen LogP contribution in [0.2, 0.25) is 5.02 Å². The van der Waals surface area contributed by atoms with Crippen LogP contribution in [-0.2, 0) is 17.1 Å². The number of nitrogens with zero attached hydrogens (tertiary/aromatic N) is 2. The van der Waals surface area contributed by atoms with Gasteiger partial charge in [-0.05, 0) is 17.7 Å². The van der Waals surface area contributed by atoms with Crippen molar-refractivity contribution >= 4 is 11.6 Å². The summed E-state index contributed by atoms with van der Waals surface area (Å²) in [7, 11) is 1.60. The molecule has 0 aliphatic heterocycles. The van der Waals surface area contributed by atoms with Crippen molar-refractivity contribution in [1.29, 1.82) is 0 Å². The second-order valence-corrected chi connectivity index (χ2v) is 4.93. The summed E-state index contributed by atoms with van der Waals surface area (Å²) in [4.78, 5) is 4.28. The van der Waals surface area contributed by atoms with Crippen LogP contribution in [0, 0.1) is 0 Å². The zero-order chi connectivity index (χ0) is 14.6. The summed E-state index contributed by atoms with van der Waals surface area (Å²) in [5.74, 6) is 0.515. The molecule has 106 valence electrons. The van der Waals surface area contributed by atoms with Crippen LogP contribution in [0.1, 0.15) is 17.8 Å². The van der Waals surface area contributed by atoms with Crippen molar-refractivity contribution in [2.24, 2.45) is 0 Å². The maximum atomic E-state index is 11.1. The van der Waals surface area contributed by atoms with Crippen molar-refractivity contribution < 1.29 is 9.84 Å². The summed E-state index contributed by atoms with van der Waals surface area (Å²) >= 11 is 5.90. The van der Waals surface area contributed by atoms with E-state index < -0.39 is 5.60 Å². The molecule has 0 saturated heterocycles. The Hall–Kier alpha value is -1.62. The Bertz CT molecular complexity index is 580. The van der Waals surface area contributed by atoms with Crippen molar-refractivity contribution in [3.8, 4) is 0 Å². The lowest BCUT2D eigenvalue weighted by Crippen LogP contribution is -2.31. The molecule has 0 unspecified atom stereocenters. The Labute approximate surface area is 123 Å². The van der Waals surface area contributed by atoms with Crippen molar-refractivity contribution in [2.75, 3.05) is 7.11 Å². The van der Waals surface area contributed by atoms with Gasteiger partial charge >= 0.3 is 0 Å². The van der Waals surface area contributed by atoms with Crippen LogP contribution in [0.15, 0.2) is 49.3 Å². The Kier molecular flexibility index (Phi) is 4.60. The molecule has 1 heterocycles. The Morgan fingerprint density at radius 2 is 2.15 bits per heavy atom. The first kappa shape index (κ1) is 14.8. The summed E-state index contributed by atoms with van der Waals surface area (Å²) in [6.45, 7) is 4.04. The lowest BCUT2D eigenvalue weighted by atomic mass is 9.89. The highest BCUT2D eigenvalue weighted by atomic mass is 35.5. The standard InChI is InChI=1S/C15H17ClN2O2/c1-3-8-15(19,12-4-6-13(16)7-5-12)14-17-9-10-18(14)11-20-2/h3-7,9-10,19H,1,8,11H2,2H3/t15-/m1/s1. The molecule has 1 N–H and O–H groups in total. The maximum Gasteiger partial charge on any atom is 0.151 e. The third-order valence-corrected chi connectivity index (χ3v) is 3.37. The number of aliphatic hydroxyl groups is 1. The highest BCUT2D eigenvalue weighted by Crippen LogP contribution is 2.33. The van der Waals surface area contributed by atoms with E-state index in [1.54, 1.807) is 54.4 Å². The van der Waals surface area contributed by atoms with Crippen LogP contribution < -0.4 is 0 Å². The first-order chi connectivity index (χ1) is 9.61. The molecule has 2 rings (SSSR count). The number of aromatic nitrogens is 2. The van der Waals surface area contributed by atoms with Gasteiger partial charge in [-0.3, -0.25) is 0 Å². The number of rotatable bonds is 6. The molecule has 0 aliphatic rings. The number of hydrogen-bond donors (Lipinski definition) is 1. The molecule has 5 heteroatoms. The average molecular weight is 293 g/mol. The Morgan fingerprint density at radius 3 is 2.75 bits per heavy atom. The molecule has 0 aliphatic carbocycles. The monoisotopic (exact) mass is 292 g/mol. The Morgan fingerprint density at radius 1 is 1.45 bits per heavy atom. The first-order valence-electron chi connectivity index (χ1n) is 6.21. The summed E-state index contributed by atoms with van der Waals surface area (Å²) < 4.78 is 6.88. The molecular weight excluding hydrogens is 276 g/mol. The third kappa shape index (κ3) is 2.77. The van der Waals surface area contributed by atoms with E-state index in [0.717, 1.165) is 0 Å². The van der Waals surface area contributed by atoms with E-state index in [4.69, 9.17) is 16.3 Å². The van der Waals surface area contributed by atoms with Crippen LogP contribution in [0.25, 0.3) is 0 Å². The molecule has 0 saturated carbocycles. The van der Waals surface area contributed by atoms with Crippen LogP contribution in [0.4, 0.5) is 0 Å². The summed E-state index contributed by atoms with van der Waals surface area (Å²) in [6, 6.07) is 7.07. The van der Waals surface area contributed by atoms with E-state index in [9.17, 15) is 5.11 Å². The SMILES string of the molecule is C=CC[C@@](O)(c1ccc(Cl)cc1)c1nccn1COC. The van der Waals surface area contributed by atoms with Gasteiger partial charge in [0.1, 0.15) is 12.6 Å². The van der Waals surface area contributed by atoms with Gasteiger partial charge in [0.05, 0.1) is 0 Å². The highest BCUT2D eigenvalue weighted by Gasteiger charge is 2.34. The highest BCUT2D eigenvalue weighted by molar-refractivity contribution is 6.30. The molecule has 0 bridgehead atoms. The molecule has 2 aromatic rings. The van der Waals surface area contributed by atoms with Gasteiger partial charge in [0.15, 0.2) is 5.60 Å². The molecule has 1 aromatic heterocycles. The number of benzene rings is 1. The number of imidazole rings is 1. The molecule has 0 spiro atoms. The molecule has 20 heavy (non-hydrogen) atoms. The number of halogens is 1. The van der Waals surface area contributed by atoms with Crippen LogP contribution in [0.5, 0.6) is 0 Å². The van der Waals surface area contributed by atoms with Gasteiger partial charge in [0, 0.05) is 30.9 Å². The van der Waals surface area contributed by atoms with Crippen molar-refractivity contribution in [3.05, 3.63) is 65.7 Å². The zero-order valence-corrected chi connectivity index (χ0v) is 12.0. The Balaban J connectivity index is 2.50. The zero-order valence-electron chi connectivity index (χ0n) is 11.3. The number of ether oxygens (including phenoxy) is 1. The van der Waals surface area contributed by atoms with Gasteiger partial charge in [0.2, 0.25) is 0 Å².